The number of hydrogen-bond donors (Lipinski definition) is 1. The maximum atomic E-state index is 13.2. The number of hydrogen-bond acceptors (Lipinski definition) is 1. The van der Waals surface area contributed by atoms with E-state index in [-0.39, 0.29) is 11.2 Å². The van der Waals surface area contributed by atoms with E-state index in [1.54, 1.807) is 12.1 Å². The summed E-state index contributed by atoms with van der Waals surface area (Å²) < 4.78 is 13.2. The highest BCUT2D eigenvalue weighted by Crippen LogP contribution is 2.31. The molecule has 1 aliphatic rings. The van der Waals surface area contributed by atoms with Crippen LogP contribution in [0.25, 0.3) is 0 Å². The molecule has 106 valence electrons. The highest BCUT2D eigenvalue weighted by Gasteiger charge is 2.28. The smallest absolute Gasteiger partial charge is 0.123 e. The average Bonchev–Trinajstić information content (AvgIpc) is 3.09. The Bertz CT molecular complexity index is 429. The van der Waals surface area contributed by atoms with E-state index >= 15 is 0 Å². The lowest BCUT2D eigenvalue weighted by atomic mass is 9.76. The molecular formula is C17H26FN. The van der Waals surface area contributed by atoms with Crippen LogP contribution in [-0.2, 0) is 6.42 Å². The summed E-state index contributed by atoms with van der Waals surface area (Å²) in [4.78, 5) is 0. The standard InChI is InChI=1S/C17H26FN/c1-12-9-15(18)6-5-13(12)10-14(17(2,3)4)11-19-16-7-8-16/h5-6,9,14,16,19H,7-8,10-11H2,1-4H3. The maximum Gasteiger partial charge on any atom is 0.123 e. The van der Waals surface area contributed by atoms with Crippen LogP contribution >= 0.6 is 0 Å². The van der Waals surface area contributed by atoms with Crippen molar-refractivity contribution in [1.29, 1.82) is 0 Å². The predicted octanol–water partition coefficient (Wildman–Crippen LogP) is 4.09. The van der Waals surface area contributed by atoms with Crippen molar-refractivity contribution in [3.05, 3.63) is 35.1 Å². The van der Waals surface area contributed by atoms with Gasteiger partial charge in [0.15, 0.2) is 0 Å². The van der Waals surface area contributed by atoms with E-state index in [9.17, 15) is 4.39 Å². The van der Waals surface area contributed by atoms with Crippen molar-refractivity contribution in [2.24, 2.45) is 11.3 Å². The number of rotatable bonds is 5. The molecule has 1 N–H and O–H groups in total. The third-order valence-electron chi connectivity index (χ3n) is 4.23. The molecule has 2 rings (SSSR count). The maximum absolute atomic E-state index is 13.2. The van der Waals surface area contributed by atoms with E-state index < -0.39 is 0 Å². The van der Waals surface area contributed by atoms with Gasteiger partial charge in [-0.25, -0.2) is 4.39 Å². The van der Waals surface area contributed by atoms with Crippen LogP contribution in [0.5, 0.6) is 0 Å². The Morgan fingerprint density at radius 2 is 2.00 bits per heavy atom. The molecule has 0 radical (unpaired) electrons. The van der Waals surface area contributed by atoms with Gasteiger partial charge in [-0.05, 0) is 67.3 Å². The molecule has 1 unspecified atom stereocenters. The van der Waals surface area contributed by atoms with Crippen molar-refractivity contribution < 1.29 is 4.39 Å². The minimum atomic E-state index is -0.135. The fourth-order valence-electron chi connectivity index (χ4n) is 2.43. The first-order chi connectivity index (χ1) is 8.86. The molecule has 1 fully saturated rings. The van der Waals surface area contributed by atoms with Gasteiger partial charge < -0.3 is 5.32 Å². The minimum Gasteiger partial charge on any atom is -0.314 e. The van der Waals surface area contributed by atoms with E-state index in [0.29, 0.717) is 5.92 Å². The van der Waals surface area contributed by atoms with Crippen molar-refractivity contribution in [3.8, 4) is 0 Å². The molecule has 1 aromatic rings. The zero-order chi connectivity index (χ0) is 14.0. The third-order valence-corrected chi connectivity index (χ3v) is 4.23. The molecular weight excluding hydrogens is 237 g/mol. The van der Waals surface area contributed by atoms with Gasteiger partial charge in [0.05, 0.1) is 0 Å². The van der Waals surface area contributed by atoms with Crippen LogP contribution in [0.15, 0.2) is 18.2 Å². The predicted molar refractivity (Wildman–Crippen MR) is 78.8 cm³/mol. The highest BCUT2D eigenvalue weighted by atomic mass is 19.1. The molecule has 19 heavy (non-hydrogen) atoms. The second-order valence-electron chi connectivity index (χ2n) is 7.02. The summed E-state index contributed by atoms with van der Waals surface area (Å²) in [6, 6.07) is 5.92. The van der Waals surface area contributed by atoms with Gasteiger partial charge in [-0.3, -0.25) is 0 Å². The van der Waals surface area contributed by atoms with E-state index in [0.717, 1.165) is 24.6 Å². The summed E-state index contributed by atoms with van der Waals surface area (Å²) in [7, 11) is 0. The van der Waals surface area contributed by atoms with Crippen LogP contribution in [0.3, 0.4) is 0 Å². The van der Waals surface area contributed by atoms with Crippen molar-refractivity contribution in [1.82, 2.24) is 5.32 Å². The molecule has 0 aliphatic heterocycles. The average molecular weight is 263 g/mol. The van der Waals surface area contributed by atoms with Gasteiger partial charge in [-0.1, -0.05) is 26.8 Å². The van der Waals surface area contributed by atoms with Crippen LogP contribution in [0.1, 0.15) is 44.7 Å². The van der Waals surface area contributed by atoms with E-state index in [1.807, 2.05) is 13.0 Å². The molecule has 1 aliphatic carbocycles. The quantitative estimate of drug-likeness (QED) is 0.843. The van der Waals surface area contributed by atoms with Crippen molar-refractivity contribution in [2.45, 2.75) is 53.0 Å². The largest absolute Gasteiger partial charge is 0.314 e. The third kappa shape index (κ3) is 4.31. The summed E-state index contributed by atoms with van der Waals surface area (Å²) in [6.07, 6.45) is 3.67. The number of benzene rings is 1. The van der Waals surface area contributed by atoms with E-state index in [1.165, 1.54) is 18.4 Å². The molecule has 1 saturated carbocycles. The minimum absolute atomic E-state index is 0.135. The summed E-state index contributed by atoms with van der Waals surface area (Å²) in [5.74, 6) is 0.446. The number of aryl methyl sites for hydroxylation is 1. The summed E-state index contributed by atoms with van der Waals surface area (Å²) in [6.45, 7) is 9.96. The molecule has 2 heteroatoms. The molecule has 0 amide bonds. The second-order valence-corrected chi connectivity index (χ2v) is 7.02. The summed E-state index contributed by atoms with van der Waals surface area (Å²) in [5.41, 5.74) is 2.61. The molecule has 0 aromatic heterocycles. The Balaban J connectivity index is 2.05. The Morgan fingerprint density at radius 3 is 2.53 bits per heavy atom. The van der Waals surface area contributed by atoms with Crippen LogP contribution in [0.2, 0.25) is 0 Å². The van der Waals surface area contributed by atoms with Crippen molar-refractivity contribution in [2.75, 3.05) is 6.54 Å². The van der Waals surface area contributed by atoms with Gasteiger partial charge >= 0.3 is 0 Å². The molecule has 1 aromatic carbocycles. The normalized spacial score (nSPS) is 17.5. The van der Waals surface area contributed by atoms with Crippen LogP contribution in [0, 0.1) is 24.1 Å². The van der Waals surface area contributed by atoms with Crippen LogP contribution in [-0.4, -0.2) is 12.6 Å². The molecule has 0 bridgehead atoms. The fraction of sp³-hybridized carbons (Fsp3) is 0.647. The first kappa shape index (κ1) is 14.5. The zero-order valence-electron chi connectivity index (χ0n) is 12.6. The lowest BCUT2D eigenvalue weighted by Crippen LogP contribution is -2.34. The molecule has 1 atom stereocenters. The summed E-state index contributed by atoms with van der Waals surface area (Å²) in [5, 5.41) is 3.64. The second kappa shape index (κ2) is 5.62. The number of nitrogens with one attached hydrogen (secondary N) is 1. The van der Waals surface area contributed by atoms with E-state index in [2.05, 4.69) is 26.1 Å². The Hall–Kier alpha value is -0.890. The van der Waals surface area contributed by atoms with Gasteiger partial charge in [0, 0.05) is 6.04 Å². The lowest BCUT2D eigenvalue weighted by Gasteiger charge is -2.31. The van der Waals surface area contributed by atoms with Crippen LogP contribution < -0.4 is 5.32 Å². The van der Waals surface area contributed by atoms with Crippen molar-refractivity contribution >= 4 is 0 Å². The van der Waals surface area contributed by atoms with E-state index in [4.69, 9.17) is 0 Å². The monoisotopic (exact) mass is 263 g/mol. The SMILES string of the molecule is Cc1cc(F)ccc1CC(CNC1CC1)C(C)(C)C. The fourth-order valence-corrected chi connectivity index (χ4v) is 2.43. The molecule has 0 heterocycles. The Kier molecular flexibility index (Phi) is 4.29. The van der Waals surface area contributed by atoms with Gasteiger partial charge in [0.2, 0.25) is 0 Å². The van der Waals surface area contributed by atoms with Gasteiger partial charge in [0.1, 0.15) is 5.82 Å². The lowest BCUT2D eigenvalue weighted by molar-refractivity contribution is 0.230. The molecule has 0 saturated heterocycles. The molecule has 1 nitrogen and oxygen atoms in total. The van der Waals surface area contributed by atoms with Crippen LogP contribution in [0.4, 0.5) is 4.39 Å². The molecule has 0 spiro atoms. The Labute approximate surface area is 116 Å². The zero-order valence-corrected chi connectivity index (χ0v) is 12.6. The first-order valence-electron chi connectivity index (χ1n) is 7.34. The van der Waals surface area contributed by atoms with Gasteiger partial charge in [-0.15, -0.1) is 0 Å². The Morgan fingerprint density at radius 1 is 1.32 bits per heavy atom. The highest BCUT2D eigenvalue weighted by molar-refractivity contribution is 5.27. The van der Waals surface area contributed by atoms with Crippen molar-refractivity contribution in [3.63, 3.8) is 0 Å². The first-order valence-corrected chi connectivity index (χ1v) is 7.34. The number of halogens is 1. The van der Waals surface area contributed by atoms with Gasteiger partial charge in [-0.2, -0.15) is 0 Å². The summed E-state index contributed by atoms with van der Waals surface area (Å²) >= 11 is 0. The topological polar surface area (TPSA) is 12.0 Å². The van der Waals surface area contributed by atoms with Gasteiger partial charge in [0.25, 0.3) is 0 Å².